The van der Waals surface area contributed by atoms with E-state index in [9.17, 15) is 0 Å². The summed E-state index contributed by atoms with van der Waals surface area (Å²) in [6.45, 7) is 5.44. The quantitative estimate of drug-likeness (QED) is 0.894. The van der Waals surface area contributed by atoms with Gasteiger partial charge in [-0.1, -0.05) is 6.07 Å². The Morgan fingerprint density at radius 3 is 2.76 bits per heavy atom. The summed E-state index contributed by atoms with van der Waals surface area (Å²) in [4.78, 5) is 2.49. The molecular formula is C13H18Br2N2. The molecule has 0 saturated carbocycles. The molecule has 1 aliphatic heterocycles. The van der Waals surface area contributed by atoms with Crippen LogP contribution in [0.5, 0.6) is 0 Å². The lowest BCUT2D eigenvalue weighted by atomic mass is 10.0. The summed E-state index contributed by atoms with van der Waals surface area (Å²) in [7, 11) is 0. The zero-order valence-corrected chi connectivity index (χ0v) is 13.2. The average molecular weight is 362 g/mol. The third kappa shape index (κ3) is 3.53. The number of benzene rings is 1. The highest BCUT2D eigenvalue weighted by Gasteiger charge is 2.24. The van der Waals surface area contributed by atoms with Crippen molar-refractivity contribution < 1.29 is 0 Å². The summed E-state index contributed by atoms with van der Waals surface area (Å²) in [5.74, 6) is 0.661. The third-order valence-electron chi connectivity index (χ3n) is 3.44. The van der Waals surface area contributed by atoms with Gasteiger partial charge >= 0.3 is 0 Å². The lowest BCUT2D eigenvalue weighted by molar-refractivity contribution is 0.308. The zero-order chi connectivity index (χ0) is 12.4. The van der Waals surface area contributed by atoms with Crippen LogP contribution in [0.25, 0.3) is 0 Å². The summed E-state index contributed by atoms with van der Waals surface area (Å²) in [5.41, 5.74) is 7.31. The molecule has 0 amide bonds. The monoisotopic (exact) mass is 360 g/mol. The summed E-state index contributed by atoms with van der Waals surface area (Å²) in [5, 5.41) is 0. The minimum absolute atomic E-state index is 0.316. The lowest BCUT2D eigenvalue weighted by Gasteiger charge is -2.18. The Labute approximate surface area is 120 Å². The number of hydrogen-bond acceptors (Lipinski definition) is 2. The summed E-state index contributed by atoms with van der Waals surface area (Å²) >= 11 is 7.04. The summed E-state index contributed by atoms with van der Waals surface area (Å²) in [6.07, 6.45) is 1.23. The van der Waals surface area contributed by atoms with Crippen molar-refractivity contribution in [1.82, 2.24) is 4.90 Å². The molecule has 0 bridgehead atoms. The first-order chi connectivity index (χ1) is 8.06. The molecule has 2 atom stereocenters. The van der Waals surface area contributed by atoms with Gasteiger partial charge in [0.05, 0.1) is 0 Å². The molecule has 1 aromatic rings. The van der Waals surface area contributed by atoms with E-state index >= 15 is 0 Å². The normalized spacial score (nSPS) is 22.9. The van der Waals surface area contributed by atoms with Crippen LogP contribution in [0.2, 0.25) is 0 Å². The molecule has 0 spiro atoms. The topological polar surface area (TPSA) is 29.3 Å². The van der Waals surface area contributed by atoms with E-state index in [1.54, 1.807) is 0 Å². The van der Waals surface area contributed by atoms with Crippen molar-refractivity contribution in [2.75, 3.05) is 13.1 Å². The molecule has 1 heterocycles. The highest BCUT2D eigenvalue weighted by molar-refractivity contribution is 9.13. The molecule has 1 aliphatic rings. The number of hydrogen-bond donors (Lipinski definition) is 1. The number of rotatable bonds is 3. The number of likely N-dealkylation sites (tertiary alicyclic amines) is 1. The van der Waals surface area contributed by atoms with Crippen LogP contribution in [-0.2, 0) is 6.54 Å². The van der Waals surface area contributed by atoms with Crippen molar-refractivity contribution in [3.8, 4) is 0 Å². The first kappa shape index (κ1) is 13.5. The lowest BCUT2D eigenvalue weighted by Crippen LogP contribution is -2.29. The smallest absolute Gasteiger partial charge is 0.0320 e. The Morgan fingerprint density at radius 1 is 1.41 bits per heavy atom. The van der Waals surface area contributed by atoms with Crippen molar-refractivity contribution in [1.29, 1.82) is 0 Å². The first-order valence-corrected chi connectivity index (χ1v) is 7.56. The molecule has 1 saturated heterocycles. The summed E-state index contributed by atoms with van der Waals surface area (Å²) in [6, 6.07) is 6.77. The van der Waals surface area contributed by atoms with Crippen LogP contribution < -0.4 is 5.73 Å². The molecular weight excluding hydrogens is 344 g/mol. The van der Waals surface area contributed by atoms with E-state index in [-0.39, 0.29) is 0 Å². The molecule has 1 aromatic carbocycles. The van der Waals surface area contributed by atoms with E-state index in [4.69, 9.17) is 5.73 Å². The van der Waals surface area contributed by atoms with Crippen LogP contribution in [0.4, 0.5) is 0 Å². The van der Waals surface area contributed by atoms with Crippen molar-refractivity contribution in [2.45, 2.75) is 25.9 Å². The highest BCUT2D eigenvalue weighted by atomic mass is 79.9. The van der Waals surface area contributed by atoms with Gasteiger partial charge in [0.2, 0.25) is 0 Å². The minimum atomic E-state index is 0.316. The fourth-order valence-electron chi connectivity index (χ4n) is 2.33. The van der Waals surface area contributed by atoms with Gasteiger partial charge in [0.25, 0.3) is 0 Å². The van der Waals surface area contributed by atoms with Crippen LogP contribution >= 0.6 is 31.9 Å². The molecule has 0 radical (unpaired) electrons. The number of nitrogens with zero attached hydrogens (tertiary/aromatic N) is 1. The Bertz CT molecular complexity index is 393. The fraction of sp³-hybridized carbons (Fsp3) is 0.538. The standard InChI is InChI=1S/C13H18Br2N2/c1-9(16)11-4-5-17(8-11)7-10-2-3-12(14)13(15)6-10/h2-3,6,9,11H,4-5,7-8,16H2,1H3. The van der Waals surface area contributed by atoms with E-state index in [0.717, 1.165) is 22.0 Å². The molecule has 94 valence electrons. The molecule has 2 nitrogen and oxygen atoms in total. The largest absolute Gasteiger partial charge is 0.328 e. The van der Waals surface area contributed by atoms with E-state index < -0.39 is 0 Å². The van der Waals surface area contributed by atoms with Crippen molar-refractivity contribution in [2.24, 2.45) is 11.7 Å². The maximum Gasteiger partial charge on any atom is 0.0320 e. The Morgan fingerprint density at radius 2 is 2.18 bits per heavy atom. The molecule has 1 fully saturated rings. The zero-order valence-electron chi connectivity index (χ0n) is 10.00. The SMILES string of the molecule is CC(N)C1CCN(Cc2ccc(Br)c(Br)c2)C1. The molecule has 2 N–H and O–H groups in total. The van der Waals surface area contributed by atoms with Crippen molar-refractivity contribution in [3.05, 3.63) is 32.7 Å². The fourth-order valence-corrected chi connectivity index (χ4v) is 3.00. The third-order valence-corrected chi connectivity index (χ3v) is 5.32. The predicted molar refractivity (Wildman–Crippen MR) is 78.9 cm³/mol. The van der Waals surface area contributed by atoms with Gasteiger partial charge in [0.1, 0.15) is 0 Å². The molecule has 0 aromatic heterocycles. The Kier molecular flexibility index (Phi) is 4.64. The molecule has 2 unspecified atom stereocenters. The number of nitrogens with two attached hydrogens (primary N) is 1. The summed E-state index contributed by atoms with van der Waals surface area (Å²) < 4.78 is 2.23. The van der Waals surface area contributed by atoms with E-state index in [1.165, 1.54) is 18.5 Å². The predicted octanol–water partition coefficient (Wildman–Crippen LogP) is 3.38. The second kappa shape index (κ2) is 5.83. The van der Waals surface area contributed by atoms with E-state index in [1.807, 2.05) is 0 Å². The second-order valence-corrected chi connectivity index (χ2v) is 6.60. The van der Waals surface area contributed by atoms with Crippen LogP contribution in [0, 0.1) is 5.92 Å². The van der Waals surface area contributed by atoms with Crippen LogP contribution in [-0.4, -0.2) is 24.0 Å². The maximum atomic E-state index is 5.96. The van der Waals surface area contributed by atoms with Crippen molar-refractivity contribution in [3.63, 3.8) is 0 Å². The van der Waals surface area contributed by atoms with Gasteiger partial charge < -0.3 is 5.73 Å². The van der Waals surface area contributed by atoms with Gasteiger partial charge in [-0.05, 0) is 75.4 Å². The molecule has 4 heteroatoms. The maximum absolute atomic E-state index is 5.96. The Balaban J connectivity index is 1.96. The van der Waals surface area contributed by atoms with Crippen LogP contribution in [0.15, 0.2) is 27.1 Å². The average Bonchev–Trinajstić information content (AvgIpc) is 2.72. The number of halogens is 2. The van der Waals surface area contributed by atoms with Gasteiger partial charge in [-0.2, -0.15) is 0 Å². The molecule has 0 aliphatic carbocycles. The van der Waals surface area contributed by atoms with Gasteiger partial charge in [-0.3, -0.25) is 4.90 Å². The minimum Gasteiger partial charge on any atom is -0.328 e. The molecule has 2 rings (SSSR count). The van der Waals surface area contributed by atoms with Crippen molar-refractivity contribution >= 4 is 31.9 Å². The van der Waals surface area contributed by atoms with E-state index in [2.05, 4.69) is 61.9 Å². The van der Waals surface area contributed by atoms with E-state index in [0.29, 0.717) is 12.0 Å². The van der Waals surface area contributed by atoms with Gasteiger partial charge in [0, 0.05) is 28.1 Å². The Hall–Kier alpha value is 0.1000. The van der Waals surface area contributed by atoms with Crippen LogP contribution in [0.1, 0.15) is 18.9 Å². The highest BCUT2D eigenvalue weighted by Crippen LogP contribution is 2.26. The first-order valence-electron chi connectivity index (χ1n) is 5.98. The second-order valence-electron chi connectivity index (χ2n) is 4.89. The van der Waals surface area contributed by atoms with Gasteiger partial charge in [-0.25, -0.2) is 0 Å². The van der Waals surface area contributed by atoms with Gasteiger partial charge in [-0.15, -0.1) is 0 Å². The van der Waals surface area contributed by atoms with Gasteiger partial charge in [0.15, 0.2) is 0 Å². The van der Waals surface area contributed by atoms with Crippen LogP contribution in [0.3, 0.4) is 0 Å². The molecule has 17 heavy (non-hydrogen) atoms.